The highest BCUT2D eigenvalue weighted by atomic mass is 19.1. The van der Waals surface area contributed by atoms with Crippen LogP contribution in [0.15, 0.2) is 18.2 Å². The van der Waals surface area contributed by atoms with Crippen molar-refractivity contribution < 1.29 is 28.3 Å². The summed E-state index contributed by atoms with van der Waals surface area (Å²) < 4.78 is 25.7. The number of halogens is 1. The van der Waals surface area contributed by atoms with Crippen LogP contribution in [0.1, 0.15) is 56.8 Å². The second kappa shape index (κ2) is 8.18. The minimum Gasteiger partial charge on any atom is -0.490 e. The van der Waals surface area contributed by atoms with Crippen LogP contribution >= 0.6 is 0 Å². The summed E-state index contributed by atoms with van der Waals surface area (Å²) in [6.45, 7) is 5.57. The molecule has 2 saturated heterocycles. The van der Waals surface area contributed by atoms with Gasteiger partial charge in [0.15, 0.2) is 0 Å². The Bertz CT molecular complexity index is 765. The van der Waals surface area contributed by atoms with Crippen molar-refractivity contribution in [3.05, 3.63) is 29.6 Å². The van der Waals surface area contributed by atoms with Gasteiger partial charge in [-0.2, -0.15) is 0 Å². The topological polar surface area (TPSA) is 68.3 Å². The van der Waals surface area contributed by atoms with Crippen LogP contribution in [-0.2, 0) is 9.57 Å². The van der Waals surface area contributed by atoms with Gasteiger partial charge >= 0.3 is 6.09 Å². The molecule has 29 heavy (non-hydrogen) atoms. The number of carbonyl (C=O) groups is 2. The molecule has 8 heteroatoms. The van der Waals surface area contributed by atoms with Crippen molar-refractivity contribution in [2.24, 2.45) is 0 Å². The van der Waals surface area contributed by atoms with Crippen LogP contribution in [0.2, 0.25) is 0 Å². The minimum absolute atomic E-state index is 0.0646. The SMILES string of the molecule is CON(C)C(=O)c1cc(OC2C[C@H]3CC[C@@H](C2)N3C(=O)OC(C)(C)C)ccc1F. The minimum atomic E-state index is -0.633. The highest BCUT2D eigenvalue weighted by Gasteiger charge is 2.45. The van der Waals surface area contributed by atoms with Gasteiger partial charge in [-0.3, -0.25) is 9.63 Å². The summed E-state index contributed by atoms with van der Waals surface area (Å²) >= 11 is 0. The van der Waals surface area contributed by atoms with E-state index >= 15 is 0 Å². The Balaban J connectivity index is 1.68. The van der Waals surface area contributed by atoms with E-state index in [-0.39, 0.29) is 29.8 Å². The zero-order valence-electron chi connectivity index (χ0n) is 17.6. The zero-order chi connectivity index (χ0) is 21.3. The lowest BCUT2D eigenvalue weighted by Crippen LogP contribution is -2.50. The van der Waals surface area contributed by atoms with Crippen LogP contribution in [0, 0.1) is 5.82 Å². The van der Waals surface area contributed by atoms with E-state index in [0.717, 1.165) is 17.9 Å². The summed E-state index contributed by atoms with van der Waals surface area (Å²) in [4.78, 5) is 31.5. The third kappa shape index (κ3) is 4.80. The molecule has 3 rings (SSSR count). The van der Waals surface area contributed by atoms with Gasteiger partial charge in [-0.1, -0.05) is 0 Å². The number of rotatable bonds is 4. The molecule has 0 saturated carbocycles. The number of ether oxygens (including phenoxy) is 2. The summed E-state index contributed by atoms with van der Waals surface area (Å²) in [5, 5.41) is 0.960. The van der Waals surface area contributed by atoms with Gasteiger partial charge in [-0.15, -0.1) is 0 Å². The standard InChI is InChI=1S/C21H29FN2O5/c1-21(2,3)29-20(26)24-13-6-7-14(24)11-16(10-13)28-15-8-9-18(22)17(12-15)19(25)23(4)27-5/h8-9,12-14,16H,6-7,10-11H2,1-5H3/t13-,14+,16?. The van der Waals surface area contributed by atoms with Crippen molar-refractivity contribution in [3.8, 4) is 5.75 Å². The molecule has 2 bridgehead atoms. The molecule has 2 aliphatic rings. The maximum atomic E-state index is 14.1. The highest BCUT2D eigenvalue weighted by Crippen LogP contribution is 2.38. The summed E-state index contributed by atoms with van der Waals surface area (Å²) in [6, 6.07) is 4.26. The van der Waals surface area contributed by atoms with Crippen molar-refractivity contribution in [2.75, 3.05) is 14.2 Å². The maximum Gasteiger partial charge on any atom is 0.410 e. The van der Waals surface area contributed by atoms with Crippen LogP contribution in [0.3, 0.4) is 0 Å². The number of amides is 2. The van der Waals surface area contributed by atoms with Crippen molar-refractivity contribution in [1.82, 2.24) is 9.96 Å². The van der Waals surface area contributed by atoms with Crippen LogP contribution in [-0.4, -0.2) is 59.9 Å². The first-order valence-electron chi connectivity index (χ1n) is 9.88. The van der Waals surface area contributed by atoms with E-state index in [1.807, 2.05) is 25.7 Å². The lowest BCUT2D eigenvalue weighted by atomic mass is 10.00. The number of hydroxylamine groups is 2. The second-order valence-corrected chi connectivity index (χ2v) is 8.61. The first kappa shape index (κ1) is 21.4. The number of nitrogens with zero attached hydrogens (tertiary/aromatic N) is 2. The van der Waals surface area contributed by atoms with Crippen molar-refractivity contribution >= 4 is 12.0 Å². The van der Waals surface area contributed by atoms with E-state index in [1.54, 1.807) is 0 Å². The van der Waals surface area contributed by atoms with Gasteiger partial charge in [-0.05, 0) is 51.8 Å². The largest absolute Gasteiger partial charge is 0.490 e. The fourth-order valence-electron chi connectivity index (χ4n) is 4.02. The lowest BCUT2D eigenvalue weighted by Gasteiger charge is -2.39. The van der Waals surface area contributed by atoms with Gasteiger partial charge in [0.1, 0.15) is 23.3 Å². The molecule has 2 aliphatic heterocycles. The molecule has 0 N–H and O–H groups in total. The monoisotopic (exact) mass is 408 g/mol. The van der Waals surface area contributed by atoms with E-state index in [1.165, 1.54) is 32.4 Å². The third-order valence-electron chi connectivity index (χ3n) is 5.32. The molecule has 2 fully saturated rings. The average Bonchev–Trinajstić information content (AvgIpc) is 2.92. The van der Waals surface area contributed by atoms with E-state index in [0.29, 0.717) is 18.6 Å². The van der Waals surface area contributed by atoms with Gasteiger partial charge in [-0.25, -0.2) is 14.2 Å². The molecule has 1 aromatic carbocycles. The van der Waals surface area contributed by atoms with E-state index in [2.05, 4.69) is 0 Å². The Morgan fingerprint density at radius 2 is 1.79 bits per heavy atom. The fourth-order valence-corrected chi connectivity index (χ4v) is 4.02. The second-order valence-electron chi connectivity index (χ2n) is 8.61. The van der Waals surface area contributed by atoms with Gasteiger partial charge in [0.2, 0.25) is 0 Å². The van der Waals surface area contributed by atoms with E-state index in [4.69, 9.17) is 14.3 Å². The van der Waals surface area contributed by atoms with Gasteiger partial charge in [0.05, 0.1) is 12.7 Å². The molecule has 3 atom stereocenters. The third-order valence-corrected chi connectivity index (χ3v) is 5.32. The van der Waals surface area contributed by atoms with Gasteiger partial charge < -0.3 is 14.4 Å². The van der Waals surface area contributed by atoms with Crippen LogP contribution in [0.5, 0.6) is 5.75 Å². The molecule has 1 unspecified atom stereocenters. The van der Waals surface area contributed by atoms with Crippen LogP contribution in [0.25, 0.3) is 0 Å². The number of fused-ring (bicyclic) bond motifs is 2. The lowest BCUT2D eigenvalue weighted by molar-refractivity contribution is -0.0759. The predicted molar refractivity (Wildman–Crippen MR) is 104 cm³/mol. The molecule has 0 aromatic heterocycles. The maximum absolute atomic E-state index is 14.1. The summed E-state index contributed by atoms with van der Waals surface area (Å²) in [6.07, 6.45) is 2.79. The van der Waals surface area contributed by atoms with Crippen molar-refractivity contribution in [2.45, 2.75) is 70.2 Å². The van der Waals surface area contributed by atoms with E-state index < -0.39 is 17.3 Å². The molecule has 160 valence electrons. The first-order chi connectivity index (χ1) is 13.6. The Morgan fingerprint density at radius 3 is 2.34 bits per heavy atom. The molecule has 2 amide bonds. The van der Waals surface area contributed by atoms with E-state index in [9.17, 15) is 14.0 Å². The van der Waals surface area contributed by atoms with Gasteiger partial charge in [0.25, 0.3) is 5.91 Å². The van der Waals surface area contributed by atoms with Gasteiger partial charge in [0, 0.05) is 32.0 Å². The van der Waals surface area contributed by atoms with Crippen molar-refractivity contribution in [3.63, 3.8) is 0 Å². The number of hydrogen-bond acceptors (Lipinski definition) is 5. The molecule has 2 heterocycles. The number of carbonyl (C=O) groups excluding carboxylic acids is 2. The normalized spacial score (nSPS) is 23.7. The molecule has 1 aromatic rings. The molecule has 0 aliphatic carbocycles. The fraction of sp³-hybridized carbons (Fsp3) is 0.619. The average molecular weight is 408 g/mol. The smallest absolute Gasteiger partial charge is 0.410 e. The first-order valence-corrected chi connectivity index (χ1v) is 9.88. The number of piperidine rings is 1. The van der Waals surface area contributed by atoms with Crippen LogP contribution < -0.4 is 4.74 Å². The zero-order valence-corrected chi connectivity index (χ0v) is 17.6. The molecule has 7 nitrogen and oxygen atoms in total. The Hall–Kier alpha value is -2.35. The molecule has 0 spiro atoms. The Labute approximate surface area is 170 Å². The number of hydrogen-bond donors (Lipinski definition) is 0. The molecular formula is C21H29FN2O5. The molecular weight excluding hydrogens is 379 g/mol. The quantitative estimate of drug-likeness (QED) is 0.710. The van der Waals surface area contributed by atoms with Crippen molar-refractivity contribution in [1.29, 1.82) is 0 Å². The summed E-state index contributed by atoms with van der Waals surface area (Å²) in [5.41, 5.74) is -0.642. The Kier molecular flexibility index (Phi) is 6.03. The highest BCUT2D eigenvalue weighted by molar-refractivity contribution is 5.94. The van der Waals surface area contributed by atoms with Crippen LogP contribution in [0.4, 0.5) is 9.18 Å². The summed E-state index contributed by atoms with van der Waals surface area (Å²) in [5.74, 6) is -0.796. The number of benzene rings is 1. The Morgan fingerprint density at radius 1 is 1.17 bits per heavy atom. The predicted octanol–water partition coefficient (Wildman–Crippen LogP) is 3.77. The molecule has 0 radical (unpaired) electrons. The summed E-state index contributed by atoms with van der Waals surface area (Å²) in [7, 11) is 2.75.